The molecule has 0 spiro atoms. The lowest BCUT2D eigenvalue weighted by atomic mass is 10.1. The van der Waals surface area contributed by atoms with E-state index in [2.05, 4.69) is 26.6 Å². The van der Waals surface area contributed by atoms with Crippen LogP contribution in [0, 0.1) is 20.8 Å². The Labute approximate surface area is 170 Å². The first-order valence-corrected chi connectivity index (χ1v) is 9.88. The van der Waals surface area contributed by atoms with Crippen molar-refractivity contribution in [2.24, 2.45) is 0 Å². The highest BCUT2D eigenvalue weighted by molar-refractivity contribution is 5.43. The van der Waals surface area contributed by atoms with Crippen molar-refractivity contribution in [1.29, 1.82) is 0 Å². The van der Waals surface area contributed by atoms with E-state index in [-0.39, 0.29) is 0 Å². The van der Waals surface area contributed by atoms with E-state index < -0.39 is 0 Å². The largest absolute Gasteiger partial charge is 0.493 e. The van der Waals surface area contributed by atoms with E-state index in [0.717, 1.165) is 60.2 Å². The van der Waals surface area contributed by atoms with Gasteiger partial charge in [-0.2, -0.15) is 5.10 Å². The zero-order valence-electron chi connectivity index (χ0n) is 17.4. The van der Waals surface area contributed by atoms with Crippen LogP contribution in [-0.4, -0.2) is 33.1 Å². The Morgan fingerprint density at radius 1 is 1.24 bits per heavy atom. The molecule has 0 fully saturated rings. The zero-order chi connectivity index (χ0) is 20.4. The van der Waals surface area contributed by atoms with Gasteiger partial charge < -0.3 is 19.3 Å². The number of benzene rings is 1. The van der Waals surface area contributed by atoms with E-state index >= 15 is 0 Å². The second-order valence-electron chi connectivity index (χ2n) is 7.45. The number of rotatable bonds is 7. The monoisotopic (exact) mass is 397 g/mol. The summed E-state index contributed by atoms with van der Waals surface area (Å²) in [5.74, 6) is 4.13. The van der Waals surface area contributed by atoms with Gasteiger partial charge >= 0.3 is 0 Å². The third-order valence-electron chi connectivity index (χ3n) is 5.34. The van der Waals surface area contributed by atoms with Crippen LogP contribution in [0.15, 0.2) is 22.7 Å². The Morgan fingerprint density at radius 2 is 2.10 bits per heavy atom. The summed E-state index contributed by atoms with van der Waals surface area (Å²) in [6, 6.07) is 6.41. The lowest BCUT2D eigenvalue weighted by Crippen LogP contribution is -2.37. The molecular weight excluding hydrogens is 370 g/mol. The van der Waals surface area contributed by atoms with Crippen molar-refractivity contribution in [2.45, 2.75) is 59.4 Å². The number of hydrogen-bond donors (Lipinski definition) is 1. The zero-order valence-corrected chi connectivity index (χ0v) is 17.4. The molecule has 29 heavy (non-hydrogen) atoms. The Bertz CT molecular complexity index is 975. The molecule has 2 aromatic heterocycles. The Hall–Kier alpha value is -2.87. The fourth-order valence-electron chi connectivity index (χ4n) is 3.66. The minimum atomic E-state index is 0.380. The van der Waals surface area contributed by atoms with Crippen LogP contribution in [0.5, 0.6) is 11.5 Å². The number of nitrogens with one attached hydrogen (secondary N) is 1. The molecular formula is C21H27N5O3. The average Bonchev–Trinajstić information content (AvgIpc) is 3.25. The number of ether oxygens (including phenoxy) is 2. The van der Waals surface area contributed by atoms with Gasteiger partial charge in [0, 0.05) is 19.0 Å². The van der Waals surface area contributed by atoms with Gasteiger partial charge in [-0.25, -0.2) is 9.67 Å². The van der Waals surface area contributed by atoms with Gasteiger partial charge in [0.1, 0.15) is 24.0 Å². The molecule has 1 atom stereocenters. The smallest absolute Gasteiger partial charge is 0.161 e. The third-order valence-corrected chi connectivity index (χ3v) is 5.34. The molecule has 0 radical (unpaired) electrons. The van der Waals surface area contributed by atoms with E-state index in [1.165, 1.54) is 0 Å². The van der Waals surface area contributed by atoms with Crippen LogP contribution in [-0.2, 0) is 26.1 Å². The van der Waals surface area contributed by atoms with Crippen molar-refractivity contribution < 1.29 is 14.0 Å². The minimum Gasteiger partial charge on any atom is -0.493 e. The molecule has 1 aromatic carbocycles. The van der Waals surface area contributed by atoms with Crippen LogP contribution < -0.4 is 14.8 Å². The molecule has 1 N–H and O–H groups in total. The fraction of sp³-hybridized carbons (Fsp3) is 0.476. The van der Waals surface area contributed by atoms with Gasteiger partial charge in [0.25, 0.3) is 0 Å². The Kier molecular flexibility index (Phi) is 5.53. The molecule has 8 heteroatoms. The van der Waals surface area contributed by atoms with Crippen molar-refractivity contribution >= 4 is 0 Å². The molecule has 8 nitrogen and oxygen atoms in total. The third kappa shape index (κ3) is 4.27. The second kappa shape index (κ2) is 8.24. The van der Waals surface area contributed by atoms with E-state index in [4.69, 9.17) is 14.0 Å². The number of methoxy groups -OCH3 is 1. The highest BCUT2D eigenvalue weighted by Gasteiger charge is 2.20. The van der Waals surface area contributed by atoms with Gasteiger partial charge in [0.05, 0.1) is 24.9 Å². The van der Waals surface area contributed by atoms with Crippen LogP contribution >= 0.6 is 0 Å². The van der Waals surface area contributed by atoms with Crippen molar-refractivity contribution in [3.05, 3.63) is 52.4 Å². The quantitative estimate of drug-likeness (QED) is 0.656. The number of aromatic nitrogens is 4. The molecule has 0 aliphatic carbocycles. The maximum absolute atomic E-state index is 5.96. The molecule has 3 aromatic rings. The second-order valence-corrected chi connectivity index (χ2v) is 7.45. The van der Waals surface area contributed by atoms with Crippen LogP contribution in [0.3, 0.4) is 0 Å². The molecule has 1 aliphatic rings. The lowest BCUT2D eigenvalue weighted by Gasteiger charge is -2.23. The first-order chi connectivity index (χ1) is 14.0. The van der Waals surface area contributed by atoms with E-state index in [1.54, 1.807) is 7.11 Å². The van der Waals surface area contributed by atoms with Gasteiger partial charge in [-0.05, 0) is 44.9 Å². The lowest BCUT2D eigenvalue weighted by molar-refractivity contribution is 0.281. The normalized spacial score (nSPS) is 15.9. The molecule has 0 saturated heterocycles. The van der Waals surface area contributed by atoms with Crippen LogP contribution in [0.1, 0.15) is 40.7 Å². The number of nitrogens with zero attached hydrogens (tertiary/aromatic N) is 4. The first kappa shape index (κ1) is 19.4. The maximum atomic E-state index is 5.96. The summed E-state index contributed by atoms with van der Waals surface area (Å²) >= 11 is 0. The van der Waals surface area contributed by atoms with Crippen LogP contribution in [0.2, 0.25) is 0 Å². The molecule has 0 saturated carbocycles. The van der Waals surface area contributed by atoms with E-state index in [9.17, 15) is 0 Å². The van der Waals surface area contributed by atoms with E-state index in [1.807, 2.05) is 37.6 Å². The number of fused-ring (bicyclic) bond motifs is 1. The molecule has 154 valence electrons. The predicted molar refractivity (Wildman–Crippen MR) is 107 cm³/mol. The summed E-state index contributed by atoms with van der Waals surface area (Å²) in [4.78, 5) is 4.47. The summed E-state index contributed by atoms with van der Waals surface area (Å²) in [6.07, 6.45) is 2.02. The topological polar surface area (TPSA) is 87.2 Å². The first-order valence-electron chi connectivity index (χ1n) is 9.88. The van der Waals surface area contributed by atoms with Gasteiger partial charge in [-0.3, -0.25) is 0 Å². The standard InChI is InChI=1S/C21H27N5O3/c1-13-18(14(2)29-25-13)12-28-19-7-5-16(9-20(19)27-4)10-22-17-6-8-21-23-15(3)24-26(21)11-17/h5,7,9,17,22H,6,8,10-12H2,1-4H3. The summed E-state index contributed by atoms with van der Waals surface area (Å²) in [6.45, 7) is 7.75. The SMILES string of the molecule is COc1cc(CNC2CCc3nc(C)nn3C2)ccc1OCc1c(C)noc1C. The average molecular weight is 397 g/mol. The summed E-state index contributed by atoms with van der Waals surface area (Å²) in [7, 11) is 1.66. The molecule has 4 rings (SSSR count). The highest BCUT2D eigenvalue weighted by Crippen LogP contribution is 2.29. The van der Waals surface area contributed by atoms with E-state index in [0.29, 0.717) is 24.1 Å². The van der Waals surface area contributed by atoms with Gasteiger partial charge in [-0.1, -0.05) is 11.2 Å². The molecule has 0 amide bonds. The minimum absolute atomic E-state index is 0.380. The predicted octanol–water partition coefficient (Wildman–Crippen LogP) is 2.88. The molecule has 0 bridgehead atoms. The summed E-state index contributed by atoms with van der Waals surface area (Å²) < 4.78 is 18.7. The van der Waals surface area contributed by atoms with Crippen LogP contribution in [0.4, 0.5) is 0 Å². The van der Waals surface area contributed by atoms with Crippen molar-refractivity contribution in [3.63, 3.8) is 0 Å². The Morgan fingerprint density at radius 3 is 2.86 bits per heavy atom. The highest BCUT2D eigenvalue weighted by atomic mass is 16.5. The number of hydrogen-bond acceptors (Lipinski definition) is 7. The maximum Gasteiger partial charge on any atom is 0.161 e. The van der Waals surface area contributed by atoms with Gasteiger partial charge in [0.2, 0.25) is 0 Å². The van der Waals surface area contributed by atoms with Crippen molar-refractivity contribution in [1.82, 2.24) is 25.2 Å². The van der Waals surface area contributed by atoms with Gasteiger partial charge in [0.15, 0.2) is 11.5 Å². The molecule has 1 aliphatic heterocycles. The van der Waals surface area contributed by atoms with Crippen molar-refractivity contribution in [2.75, 3.05) is 7.11 Å². The number of aryl methyl sites for hydroxylation is 4. The molecule has 1 unspecified atom stereocenters. The van der Waals surface area contributed by atoms with Gasteiger partial charge in [-0.15, -0.1) is 0 Å². The fourth-order valence-corrected chi connectivity index (χ4v) is 3.66. The molecule has 3 heterocycles. The van der Waals surface area contributed by atoms with Crippen LogP contribution in [0.25, 0.3) is 0 Å². The Balaban J connectivity index is 1.37. The van der Waals surface area contributed by atoms with Crippen molar-refractivity contribution in [3.8, 4) is 11.5 Å². The summed E-state index contributed by atoms with van der Waals surface area (Å²) in [5, 5.41) is 12.1. The summed E-state index contributed by atoms with van der Waals surface area (Å²) in [5.41, 5.74) is 2.96.